The van der Waals surface area contributed by atoms with E-state index in [1.165, 1.54) is 20.3 Å². The Kier molecular flexibility index (Phi) is 14.2. The molecule has 3 aromatic carbocycles. The highest BCUT2D eigenvalue weighted by molar-refractivity contribution is 5.88. The SMILES string of the molecule is CC.COc1cc2nccc(Oc3cccc(N(CCCNC=O)c4ccc(N5CCC(NC(=O)OC(C)(C)C)CC5)c(C(F)(F)F)c4)c3)c2cc1OC. The van der Waals surface area contributed by atoms with Gasteiger partial charge in [-0.05, 0) is 82.5 Å². The lowest BCUT2D eigenvalue weighted by atomic mass is 10.0. The zero-order valence-electron chi connectivity index (χ0n) is 31.9. The fourth-order valence-electron chi connectivity index (χ4n) is 6.12. The van der Waals surface area contributed by atoms with Crippen molar-refractivity contribution in [3.8, 4) is 23.0 Å². The first-order chi connectivity index (χ1) is 25.8. The third kappa shape index (κ3) is 10.8. The fraction of sp³-hybridized carbons (Fsp3) is 0.425. The molecular weight excluding hydrogens is 703 g/mol. The van der Waals surface area contributed by atoms with Crippen molar-refractivity contribution < 1.29 is 41.7 Å². The number of hydrogen-bond acceptors (Lipinski definition) is 9. The number of hydrogen-bond donors (Lipinski definition) is 2. The van der Waals surface area contributed by atoms with Crippen LogP contribution in [0.2, 0.25) is 0 Å². The summed E-state index contributed by atoms with van der Waals surface area (Å²) in [5, 5.41) is 6.13. The predicted molar refractivity (Wildman–Crippen MR) is 204 cm³/mol. The number of piperidine rings is 1. The normalized spacial score (nSPS) is 13.3. The Morgan fingerprint density at radius 2 is 1.63 bits per heavy atom. The fourth-order valence-corrected chi connectivity index (χ4v) is 6.12. The van der Waals surface area contributed by atoms with Gasteiger partial charge in [-0.15, -0.1) is 0 Å². The maximum Gasteiger partial charge on any atom is 0.418 e. The molecule has 0 atom stereocenters. The van der Waals surface area contributed by atoms with Crippen LogP contribution in [-0.2, 0) is 15.7 Å². The summed E-state index contributed by atoms with van der Waals surface area (Å²) < 4.78 is 66.8. The zero-order chi connectivity index (χ0) is 39.5. The number of aromatic nitrogens is 1. The van der Waals surface area contributed by atoms with Gasteiger partial charge < -0.3 is 39.4 Å². The standard InChI is InChI=1S/C38H44F3N5O6.C2H6/c1-37(2,3)52-36(48)44-25-13-18-45(19-14-25)32-11-10-27(21-30(32)38(39,40)41)46(17-7-15-42-24-47)26-8-6-9-28(20-26)51-33-12-16-43-31-23-35(50-5)34(49-4)22-29(31)33;1-2/h6,8-12,16,20-25H,7,13-15,17-19H2,1-5H3,(H,42,47)(H,44,48);1-2H3. The molecular formula is C40H50F3N5O6. The lowest BCUT2D eigenvalue weighted by Crippen LogP contribution is -2.46. The smallest absolute Gasteiger partial charge is 0.418 e. The van der Waals surface area contributed by atoms with Crippen LogP contribution in [0.5, 0.6) is 23.0 Å². The molecule has 2 N–H and O–H groups in total. The predicted octanol–water partition coefficient (Wildman–Crippen LogP) is 8.86. The molecule has 292 valence electrons. The van der Waals surface area contributed by atoms with Crippen LogP contribution in [0, 0.1) is 0 Å². The number of alkyl carbamates (subject to hydrolysis) is 1. The highest BCUT2D eigenvalue weighted by Crippen LogP contribution is 2.42. The quantitative estimate of drug-likeness (QED) is 0.102. The van der Waals surface area contributed by atoms with E-state index in [0.717, 1.165) is 6.07 Å². The lowest BCUT2D eigenvalue weighted by Gasteiger charge is -2.36. The zero-order valence-corrected chi connectivity index (χ0v) is 31.9. The molecule has 5 rings (SSSR count). The van der Waals surface area contributed by atoms with Gasteiger partial charge in [0.2, 0.25) is 6.41 Å². The summed E-state index contributed by atoms with van der Waals surface area (Å²) in [6.45, 7) is 10.6. The number of ether oxygens (including phenoxy) is 4. The van der Waals surface area contributed by atoms with E-state index in [2.05, 4.69) is 15.6 Å². The summed E-state index contributed by atoms with van der Waals surface area (Å²) >= 11 is 0. The number of anilines is 3. The molecule has 0 saturated carbocycles. The third-order valence-corrected chi connectivity index (χ3v) is 8.50. The largest absolute Gasteiger partial charge is 0.493 e. The summed E-state index contributed by atoms with van der Waals surface area (Å²) in [5.41, 5.74) is 0.199. The van der Waals surface area contributed by atoms with Crippen molar-refractivity contribution in [3.05, 3.63) is 72.4 Å². The molecule has 14 heteroatoms. The van der Waals surface area contributed by atoms with Crippen molar-refractivity contribution in [2.24, 2.45) is 0 Å². The Balaban J connectivity index is 0.00000319. The monoisotopic (exact) mass is 753 g/mol. The van der Waals surface area contributed by atoms with Gasteiger partial charge in [0.05, 0.1) is 25.3 Å². The van der Waals surface area contributed by atoms with Crippen LogP contribution in [0.1, 0.15) is 59.4 Å². The average Bonchev–Trinajstić information content (AvgIpc) is 3.14. The molecule has 1 aliphatic heterocycles. The number of benzene rings is 3. The van der Waals surface area contributed by atoms with Gasteiger partial charge in [0, 0.05) is 73.0 Å². The number of carbonyl (C=O) groups is 2. The third-order valence-electron chi connectivity index (χ3n) is 8.50. The molecule has 4 aromatic rings. The first-order valence-corrected chi connectivity index (χ1v) is 18.0. The molecule has 1 aromatic heterocycles. The van der Waals surface area contributed by atoms with Gasteiger partial charge in [0.25, 0.3) is 0 Å². The van der Waals surface area contributed by atoms with E-state index in [1.807, 2.05) is 13.8 Å². The van der Waals surface area contributed by atoms with E-state index < -0.39 is 23.4 Å². The number of nitrogens with zero attached hydrogens (tertiary/aromatic N) is 3. The molecule has 1 saturated heterocycles. The molecule has 0 radical (unpaired) electrons. The van der Waals surface area contributed by atoms with Gasteiger partial charge >= 0.3 is 12.3 Å². The molecule has 0 aliphatic carbocycles. The van der Waals surface area contributed by atoms with Crippen molar-refractivity contribution in [1.29, 1.82) is 0 Å². The van der Waals surface area contributed by atoms with Gasteiger partial charge in [-0.2, -0.15) is 13.2 Å². The summed E-state index contributed by atoms with van der Waals surface area (Å²) in [6.07, 6.45) is -1.59. The van der Waals surface area contributed by atoms with Crippen LogP contribution in [0.3, 0.4) is 0 Å². The molecule has 2 heterocycles. The van der Waals surface area contributed by atoms with Crippen molar-refractivity contribution in [3.63, 3.8) is 0 Å². The van der Waals surface area contributed by atoms with Crippen LogP contribution in [0.4, 0.5) is 35.0 Å². The van der Waals surface area contributed by atoms with Gasteiger partial charge in [0.15, 0.2) is 11.5 Å². The van der Waals surface area contributed by atoms with Gasteiger partial charge in [-0.1, -0.05) is 19.9 Å². The Labute approximate surface area is 314 Å². The van der Waals surface area contributed by atoms with E-state index in [9.17, 15) is 22.8 Å². The first kappa shape index (κ1) is 41.4. The topological polar surface area (TPSA) is 114 Å². The minimum Gasteiger partial charge on any atom is -0.493 e. The molecule has 54 heavy (non-hydrogen) atoms. The Morgan fingerprint density at radius 1 is 0.944 bits per heavy atom. The molecule has 11 nitrogen and oxygen atoms in total. The van der Waals surface area contributed by atoms with E-state index in [0.29, 0.717) is 97.1 Å². The second kappa shape index (κ2) is 18.6. The minimum atomic E-state index is -4.64. The highest BCUT2D eigenvalue weighted by Gasteiger charge is 2.37. The molecule has 1 fully saturated rings. The van der Waals surface area contributed by atoms with Crippen LogP contribution >= 0.6 is 0 Å². The average molecular weight is 754 g/mol. The number of alkyl halides is 3. The number of pyridine rings is 1. The van der Waals surface area contributed by atoms with Gasteiger partial charge in [-0.3, -0.25) is 9.78 Å². The molecule has 1 aliphatic rings. The lowest BCUT2D eigenvalue weighted by molar-refractivity contribution is -0.137. The summed E-state index contributed by atoms with van der Waals surface area (Å²) in [5.74, 6) is 1.97. The van der Waals surface area contributed by atoms with E-state index in [4.69, 9.17) is 18.9 Å². The van der Waals surface area contributed by atoms with Gasteiger partial charge in [0.1, 0.15) is 17.1 Å². The van der Waals surface area contributed by atoms with Crippen molar-refractivity contribution in [2.45, 2.75) is 71.7 Å². The number of nitrogens with one attached hydrogen (secondary N) is 2. The van der Waals surface area contributed by atoms with Gasteiger partial charge in [-0.25, -0.2) is 4.79 Å². The van der Waals surface area contributed by atoms with Crippen LogP contribution < -0.4 is 34.6 Å². The summed E-state index contributed by atoms with van der Waals surface area (Å²) in [7, 11) is 3.08. The van der Waals surface area contributed by atoms with Crippen molar-refractivity contribution in [1.82, 2.24) is 15.6 Å². The summed E-state index contributed by atoms with van der Waals surface area (Å²) in [6, 6.07) is 16.4. The highest BCUT2D eigenvalue weighted by atomic mass is 19.4. The molecule has 0 unspecified atom stereocenters. The van der Waals surface area contributed by atoms with Crippen LogP contribution in [-0.4, -0.2) is 69.5 Å². The van der Waals surface area contributed by atoms with Crippen LogP contribution in [0.15, 0.2) is 66.9 Å². The second-order valence-corrected chi connectivity index (χ2v) is 13.3. The molecule has 0 spiro atoms. The molecule has 2 amide bonds. The van der Waals surface area contributed by atoms with Crippen molar-refractivity contribution >= 4 is 40.5 Å². The van der Waals surface area contributed by atoms with Crippen molar-refractivity contribution in [2.75, 3.05) is 50.2 Å². The second-order valence-electron chi connectivity index (χ2n) is 13.3. The minimum absolute atomic E-state index is 0.0725. The number of rotatable bonds is 13. The first-order valence-electron chi connectivity index (χ1n) is 18.0. The Morgan fingerprint density at radius 3 is 2.28 bits per heavy atom. The number of methoxy groups -OCH3 is 2. The van der Waals surface area contributed by atoms with E-state index >= 15 is 0 Å². The van der Waals surface area contributed by atoms with Crippen LogP contribution in [0.25, 0.3) is 10.9 Å². The molecule has 0 bridgehead atoms. The number of fused-ring (bicyclic) bond motifs is 1. The Hall–Kier alpha value is -5.40. The summed E-state index contributed by atoms with van der Waals surface area (Å²) in [4.78, 5) is 31.1. The van der Waals surface area contributed by atoms with E-state index in [1.54, 1.807) is 85.3 Å². The maximum absolute atomic E-state index is 14.7. The number of halogens is 3. The maximum atomic E-state index is 14.7. The Bertz CT molecular complexity index is 1860. The number of amides is 2. The van der Waals surface area contributed by atoms with E-state index in [-0.39, 0.29) is 11.7 Å². The number of carbonyl (C=O) groups excluding carboxylic acids is 2.